The first-order valence-corrected chi connectivity index (χ1v) is 28.2. The number of unbranched alkanes of at least 4 members (excludes halogenated alkanes) is 33. The summed E-state index contributed by atoms with van der Waals surface area (Å²) >= 11 is 0. The highest BCUT2D eigenvalue weighted by molar-refractivity contribution is 5.69. The molecule has 0 aliphatic carbocycles. The third kappa shape index (κ3) is 52.5. The number of carbonyl (C=O) groups is 2. The lowest BCUT2D eigenvalue weighted by atomic mass is 10.0. The molecule has 0 saturated heterocycles. The summed E-state index contributed by atoms with van der Waals surface area (Å²) in [5.74, 6) is -0.346. The molecule has 5 nitrogen and oxygen atoms in total. The van der Waals surface area contributed by atoms with Gasteiger partial charge in [-0.2, -0.15) is 0 Å². The summed E-state index contributed by atoms with van der Waals surface area (Å²) in [6, 6.07) is 0. The highest BCUT2D eigenvalue weighted by atomic mass is 16.6. The van der Waals surface area contributed by atoms with Crippen LogP contribution in [0.3, 0.4) is 0 Å². The van der Waals surface area contributed by atoms with Crippen molar-refractivity contribution in [2.24, 2.45) is 0 Å². The zero-order valence-electron chi connectivity index (χ0n) is 43.1. The Bertz CT molecular complexity index is 1060. The Morgan fingerprint density at radius 1 is 0.344 bits per heavy atom. The molecule has 0 unspecified atom stereocenters. The molecular formula is C59H108O5. The van der Waals surface area contributed by atoms with E-state index in [-0.39, 0.29) is 25.2 Å². The molecule has 0 aromatic carbocycles. The Hall–Kier alpha value is -2.14. The smallest absolute Gasteiger partial charge is 0.305 e. The predicted molar refractivity (Wildman–Crippen MR) is 279 cm³/mol. The van der Waals surface area contributed by atoms with Crippen molar-refractivity contribution in [1.82, 2.24) is 0 Å². The molecule has 374 valence electrons. The number of hydrogen-bond acceptors (Lipinski definition) is 5. The van der Waals surface area contributed by atoms with Gasteiger partial charge in [0.1, 0.15) is 19.3 Å². The van der Waals surface area contributed by atoms with Gasteiger partial charge in [0.15, 0.2) is 0 Å². The van der Waals surface area contributed by atoms with E-state index in [1.54, 1.807) is 0 Å². The second-order valence-corrected chi connectivity index (χ2v) is 18.8. The van der Waals surface area contributed by atoms with Gasteiger partial charge < -0.3 is 14.2 Å². The number of esters is 2. The van der Waals surface area contributed by atoms with Gasteiger partial charge in [-0.25, -0.2) is 0 Å². The summed E-state index contributed by atoms with van der Waals surface area (Å²) in [5.41, 5.74) is 0. The van der Waals surface area contributed by atoms with Gasteiger partial charge in [-0.3, -0.25) is 9.59 Å². The number of hydrogen-bond donors (Lipinski definition) is 0. The number of ether oxygens (including phenoxy) is 3. The normalized spacial score (nSPS) is 12.5. The molecule has 5 heteroatoms. The summed E-state index contributed by atoms with van der Waals surface area (Å²) in [7, 11) is 0. The Balaban J connectivity index is 4.26. The van der Waals surface area contributed by atoms with Gasteiger partial charge in [0, 0.05) is 19.4 Å². The van der Waals surface area contributed by atoms with E-state index < -0.39 is 6.10 Å². The zero-order valence-corrected chi connectivity index (χ0v) is 43.1. The minimum Gasteiger partial charge on any atom is -0.463 e. The summed E-state index contributed by atoms with van der Waals surface area (Å²) in [6.07, 6.45) is 68.6. The van der Waals surface area contributed by atoms with Crippen LogP contribution >= 0.6 is 0 Å². The van der Waals surface area contributed by atoms with Crippen molar-refractivity contribution in [3.8, 4) is 0 Å². The summed E-state index contributed by atoms with van der Waals surface area (Å²) < 4.78 is 17.5. The molecule has 0 amide bonds. The number of rotatable bonds is 52. The molecular weight excluding hydrogens is 789 g/mol. The van der Waals surface area contributed by atoms with Gasteiger partial charge in [0.25, 0.3) is 0 Å². The van der Waals surface area contributed by atoms with E-state index in [9.17, 15) is 9.59 Å². The van der Waals surface area contributed by atoms with E-state index in [4.69, 9.17) is 14.2 Å². The fourth-order valence-electron chi connectivity index (χ4n) is 8.14. The van der Waals surface area contributed by atoms with Crippen LogP contribution in [0.1, 0.15) is 290 Å². The lowest BCUT2D eigenvalue weighted by molar-refractivity contribution is -0.155. The average molecular weight is 898 g/mol. The maximum absolute atomic E-state index is 12.6. The highest BCUT2D eigenvalue weighted by Crippen LogP contribution is 2.16. The van der Waals surface area contributed by atoms with Gasteiger partial charge in [-0.05, 0) is 77.0 Å². The summed E-state index contributed by atoms with van der Waals surface area (Å²) in [5, 5.41) is 0. The molecule has 1 atom stereocenters. The largest absolute Gasteiger partial charge is 0.463 e. The predicted octanol–water partition coefficient (Wildman–Crippen LogP) is 19.1. The first-order valence-electron chi connectivity index (χ1n) is 28.2. The molecule has 0 bridgehead atoms. The van der Waals surface area contributed by atoms with Crippen molar-refractivity contribution in [3.63, 3.8) is 0 Å². The Morgan fingerprint density at radius 3 is 1.02 bits per heavy atom. The third-order valence-corrected chi connectivity index (χ3v) is 12.4. The van der Waals surface area contributed by atoms with Crippen molar-refractivity contribution in [3.05, 3.63) is 48.6 Å². The number of allylic oxidation sites excluding steroid dienone is 8. The van der Waals surface area contributed by atoms with Crippen LogP contribution in [0.15, 0.2) is 48.6 Å². The number of carbonyl (C=O) groups excluding carboxylic acids is 2. The van der Waals surface area contributed by atoms with Crippen LogP contribution in [0.5, 0.6) is 0 Å². The topological polar surface area (TPSA) is 61.8 Å². The lowest BCUT2D eigenvalue weighted by Crippen LogP contribution is -2.29. The molecule has 0 fully saturated rings. The van der Waals surface area contributed by atoms with Crippen LogP contribution in [0.25, 0.3) is 0 Å². The second-order valence-electron chi connectivity index (χ2n) is 18.8. The minimum atomic E-state index is -0.406. The molecule has 0 radical (unpaired) electrons. The standard InChI is InChI=1S/C59H108O5/c1-4-7-10-13-16-19-22-25-28-30-32-35-38-41-44-47-50-53-59(61)64-56-57(62-54-51-48-45-42-39-36-33-29-26-23-20-17-14-11-8-5-2)55-63-58(60)52-49-46-43-40-37-34-31-27-24-21-18-15-12-9-6-3/h9,12,18,21,25,27-28,31,57H,4-8,10-11,13-17,19-20,22-24,26,29-30,32-56H2,1-3H3/b12-9-,21-18-,28-25-,31-27-/t57-/m1/s1. The van der Waals surface area contributed by atoms with Crippen LogP contribution in [-0.4, -0.2) is 37.9 Å². The fourth-order valence-corrected chi connectivity index (χ4v) is 8.14. The maximum Gasteiger partial charge on any atom is 0.305 e. The average Bonchev–Trinajstić information content (AvgIpc) is 3.30. The SMILES string of the molecule is CC/C=C\C/C=C\C/C=C\CCCCCCCC(=O)OC[C@H](COC(=O)CCCCCCCCC/C=C\CCCCCCCC)OCCCCCCCCCCCCCCCCCC. The van der Waals surface area contributed by atoms with Gasteiger partial charge >= 0.3 is 11.9 Å². The quantitative estimate of drug-likeness (QED) is 0.0346. The Kier molecular flexibility index (Phi) is 53.3. The summed E-state index contributed by atoms with van der Waals surface area (Å²) in [6.45, 7) is 7.64. The third-order valence-electron chi connectivity index (χ3n) is 12.4. The highest BCUT2D eigenvalue weighted by Gasteiger charge is 2.16. The van der Waals surface area contributed by atoms with E-state index in [0.717, 1.165) is 70.6 Å². The molecule has 0 aromatic rings. The van der Waals surface area contributed by atoms with Crippen LogP contribution in [0.4, 0.5) is 0 Å². The molecule has 0 saturated carbocycles. The van der Waals surface area contributed by atoms with E-state index in [0.29, 0.717) is 19.4 Å². The molecule has 0 N–H and O–H groups in total. The first-order chi connectivity index (χ1) is 31.6. The Morgan fingerprint density at radius 2 is 0.641 bits per heavy atom. The van der Waals surface area contributed by atoms with Crippen LogP contribution in [-0.2, 0) is 23.8 Å². The van der Waals surface area contributed by atoms with Gasteiger partial charge in [0.05, 0.1) is 0 Å². The van der Waals surface area contributed by atoms with Gasteiger partial charge in [-0.1, -0.05) is 249 Å². The molecule has 0 aliphatic heterocycles. The lowest BCUT2D eigenvalue weighted by Gasteiger charge is -2.18. The van der Waals surface area contributed by atoms with Gasteiger partial charge in [0.2, 0.25) is 0 Å². The summed E-state index contributed by atoms with van der Waals surface area (Å²) in [4.78, 5) is 25.3. The van der Waals surface area contributed by atoms with Crippen LogP contribution in [0.2, 0.25) is 0 Å². The molecule has 0 rings (SSSR count). The van der Waals surface area contributed by atoms with E-state index in [1.165, 1.54) is 186 Å². The zero-order chi connectivity index (χ0) is 46.3. The molecule has 0 spiro atoms. The van der Waals surface area contributed by atoms with Gasteiger partial charge in [-0.15, -0.1) is 0 Å². The van der Waals surface area contributed by atoms with Crippen molar-refractivity contribution in [2.45, 2.75) is 297 Å². The molecule has 0 aliphatic rings. The minimum absolute atomic E-state index is 0.150. The fraction of sp³-hybridized carbons (Fsp3) is 0.831. The van der Waals surface area contributed by atoms with Crippen molar-refractivity contribution in [1.29, 1.82) is 0 Å². The second kappa shape index (κ2) is 55.2. The monoisotopic (exact) mass is 897 g/mol. The van der Waals surface area contributed by atoms with E-state index in [2.05, 4.69) is 69.4 Å². The Labute approximate surface area is 399 Å². The van der Waals surface area contributed by atoms with Crippen molar-refractivity contribution < 1.29 is 23.8 Å². The molecule has 0 aromatic heterocycles. The molecule has 0 heterocycles. The first kappa shape index (κ1) is 61.9. The van der Waals surface area contributed by atoms with Crippen LogP contribution in [0, 0.1) is 0 Å². The van der Waals surface area contributed by atoms with Crippen LogP contribution < -0.4 is 0 Å². The van der Waals surface area contributed by atoms with Crippen molar-refractivity contribution in [2.75, 3.05) is 19.8 Å². The van der Waals surface area contributed by atoms with Crippen molar-refractivity contribution >= 4 is 11.9 Å². The molecule has 64 heavy (non-hydrogen) atoms. The van der Waals surface area contributed by atoms with E-state index in [1.807, 2.05) is 0 Å². The maximum atomic E-state index is 12.6. The van der Waals surface area contributed by atoms with E-state index >= 15 is 0 Å².